The molecule has 0 spiro atoms. The standard InChI is InChI=1S/C19H24N6O3S/c1-4-17-14(2)22-19-20-13-21-25(19)18(17)23-9-11-24(12-10-23)29(26,27)16-7-5-15(28-3)6-8-16/h5-8,13H,4,9-12H2,1-3H3. The van der Waals surface area contributed by atoms with E-state index in [4.69, 9.17) is 4.74 Å². The minimum Gasteiger partial charge on any atom is -0.497 e. The topological polar surface area (TPSA) is 92.9 Å². The quantitative estimate of drug-likeness (QED) is 0.622. The van der Waals surface area contributed by atoms with Gasteiger partial charge in [-0.05, 0) is 37.6 Å². The highest BCUT2D eigenvalue weighted by Crippen LogP contribution is 2.27. The number of nitrogens with zero attached hydrogens (tertiary/aromatic N) is 6. The summed E-state index contributed by atoms with van der Waals surface area (Å²) in [5, 5.41) is 4.33. The summed E-state index contributed by atoms with van der Waals surface area (Å²) in [6.07, 6.45) is 2.31. The Morgan fingerprint density at radius 2 is 1.79 bits per heavy atom. The van der Waals surface area contributed by atoms with Gasteiger partial charge in [0.1, 0.15) is 17.9 Å². The lowest BCUT2D eigenvalue weighted by atomic mass is 10.1. The highest BCUT2D eigenvalue weighted by atomic mass is 32.2. The molecule has 29 heavy (non-hydrogen) atoms. The van der Waals surface area contributed by atoms with E-state index in [1.807, 2.05) is 6.92 Å². The van der Waals surface area contributed by atoms with Crippen LogP contribution in [0.3, 0.4) is 0 Å². The van der Waals surface area contributed by atoms with Gasteiger partial charge in [-0.1, -0.05) is 6.92 Å². The Morgan fingerprint density at radius 1 is 1.10 bits per heavy atom. The Hall–Kier alpha value is -2.72. The molecular formula is C19H24N6O3S. The second-order valence-corrected chi connectivity index (χ2v) is 8.83. The van der Waals surface area contributed by atoms with Gasteiger partial charge in [0.2, 0.25) is 10.0 Å². The van der Waals surface area contributed by atoms with Crippen LogP contribution in [0.15, 0.2) is 35.5 Å². The molecule has 3 heterocycles. The summed E-state index contributed by atoms with van der Waals surface area (Å²) >= 11 is 0. The molecule has 4 rings (SSSR count). The van der Waals surface area contributed by atoms with Crippen molar-refractivity contribution in [3.8, 4) is 5.75 Å². The Kier molecular flexibility index (Phi) is 5.13. The van der Waals surface area contributed by atoms with Crippen molar-refractivity contribution in [1.82, 2.24) is 23.9 Å². The summed E-state index contributed by atoms with van der Waals surface area (Å²) < 4.78 is 34.4. The van der Waals surface area contributed by atoms with E-state index in [1.54, 1.807) is 35.9 Å². The number of methoxy groups -OCH3 is 1. The third kappa shape index (κ3) is 3.42. The van der Waals surface area contributed by atoms with E-state index >= 15 is 0 Å². The summed E-state index contributed by atoms with van der Waals surface area (Å²) in [7, 11) is -1.99. The van der Waals surface area contributed by atoms with Crippen molar-refractivity contribution < 1.29 is 13.2 Å². The van der Waals surface area contributed by atoms with E-state index in [9.17, 15) is 8.42 Å². The van der Waals surface area contributed by atoms with Crippen LogP contribution < -0.4 is 9.64 Å². The molecule has 1 fully saturated rings. The molecule has 0 saturated carbocycles. The molecule has 0 radical (unpaired) electrons. The molecule has 154 valence electrons. The Balaban J connectivity index is 1.58. The monoisotopic (exact) mass is 416 g/mol. The van der Waals surface area contributed by atoms with Crippen molar-refractivity contribution in [1.29, 1.82) is 0 Å². The molecule has 1 aliphatic rings. The van der Waals surface area contributed by atoms with Crippen LogP contribution in [0.25, 0.3) is 5.78 Å². The van der Waals surface area contributed by atoms with Gasteiger partial charge in [0.15, 0.2) is 0 Å². The molecule has 0 atom stereocenters. The van der Waals surface area contributed by atoms with Crippen molar-refractivity contribution in [2.45, 2.75) is 25.2 Å². The number of anilines is 1. The highest BCUT2D eigenvalue weighted by Gasteiger charge is 2.30. The first-order chi connectivity index (χ1) is 14.0. The predicted molar refractivity (Wildman–Crippen MR) is 109 cm³/mol. The number of benzene rings is 1. The normalized spacial score (nSPS) is 15.8. The maximum atomic E-state index is 13.0. The molecule has 0 bridgehead atoms. The van der Waals surface area contributed by atoms with Gasteiger partial charge in [-0.25, -0.2) is 13.4 Å². The third-order valence-electron chi connectivity index (χ3n) is 5.29. The molecule has 1 aliphatic heterocycles. The first-order valence-corrected chi connectivity index (χ1v) is 11.0. The number of rotatable bonds is 5. The first kappa shape index (κ1) is 19.6. The minimum atomic E-state index is -3.54. The molecule has 3 aromatic rings. The van der Waals surface area contributed by atoms with Crippen LogP contribution in [0.4, 0.5) is 5.82 Å². The van der Waals surface area contributed by atoms with E-state index in [0.29, 0.717) is 37.7 Å². The number of hydrogen-bond donors (Lipinski definition) is 0. The molecule has 0 unspecified atom stereocenters. The number of piperazine rings is 1. The van der Waals surface area contributed by atoms with Crippen LogP contribution >= 0.6 is 0 Å². The van der Waals surface area contributed by atoms with Crippen molar-refractivity contribution >= 4 is 21.6 Å². The SMILES string of the molecule is CCc1c(C)nc2ncnn2c1N1CCN(S(=O)(=O)c2ccc(OC)cc2)CC1. The fraction of sp³-hybridized carbons (Fsp3) is 0.421. The average Bonchev–Trinajstić information content (AvgIpc) is 3.20. The molecule has 10 heteroatoms. The molecule has 9 nitrogen and oxygen atoms in total. The Morgan fingerprint density at radius 3 is 2.41 bits per heavy atom. The van der Waals surface area contributed by atoms with E-state index < -0.39 is 10.0 Å². The average molecular weight is 417 g/mol. The molecule has 1 saturated heterocycles. The van der Waals surface area contributed by atoms with Crippen molar-refractivity contribution in [2.75, 3.05) is 38.2 Å². The van der Waals surface area contributed by atoms with E-state index in [2.05, 4.69) is 26.9 Å². The summed E-state index contributed by atoms with van der Waals surface area (Å²) in [5.41, 5.74) is 2.03. The van der Waals surface area contributed by atoms with Crippen LogP contribution in [-0.2, 0) is 16.4 Å². The molecule has 0 N–H and O–H groups in total. The predicted octanol–water partition coefficient (Wildman–Crippen LogP) is 1.51. The fourth-order valence-corrected chi connectivity index (χ4v) is 5.17. The zero-order valence-electron chi connectivity index (χ0n) is 16.7. The largest absolute Gasteiger partial charge is 0.497 e. The Bertz CT molecular complexity index is 1120. The maximum Gasteiger partial charge on any atom is 0.254 e. The van der Waals surface area contributed by atoms with Crippen molar-refractivity contribution in [3.05, 3.63) is 41.9 Å². The van der Waals surface area contributed by atoms with E-state index in [1.165, 1.54) is 10.6 Å². The lowest BCUT2D eigenvalue weighted by Gasteiger charge is -2.36. The summed E-state index contributed by atoms with van der Waals surface area (Å²) in [6.45, 7) is 5.99. The molecule has 0 aliphatic carbocycles. The number of fused-ring (bicyclic) bond motifs is 1. The van der Waals surface area contributed by atoms with Crippen LogP contribution in [0.5, 0.6) is 5.75 Å². The minimum absolute atomic E-state index is 0.277. The number of aromatic nitrogens is 4. The maximum absolute atomic E-state index is 13.0. The van der Waals surface area contributed by atoms with Crippen LogP contribution in [-0.4, -0.2) is 65.6 Å². The zero-order valence-corrected chi connectivity index (χ0v) is 17.6. The van der Waals surface area contributed by atoms with Crippen molar-refractivity contribution in [2.24, 2.45) is 0 Å². The van der Waals surface area contributed by atoms with Gasteiger partial charge in [0.25, 0.3) is 5.78 Å². The van der Waals surface area contributed by atoms with Crippen LogP contribution in [0.1, 0.15) is 18.2 Å². The van der Waals surface area contributed by atoms with Gasteiger partial charge in [-0.2, -0.15) is 18.9 Å². The molecule has 2 aromatic heterocycles. The van der Waals surface area contributed by atoms with Gasteiger partial charge in [-0.15, -0.1) is 0 Å². The van der Waals surface area contributed by atoms with Crippen molar-refractivity contribution in [3.63, 3.8) is 0 Å². The van der Waals surface area contributed by atoms with E-state index in [-0.39, 0.29) is 4.90 Å². The zero-order chi connectivity index (χ0) is 20.6. The van der Waals surface area contributed by atoms with Crippen LogP contribution in [0.2, 0.25) is 0 Å². The first-order valence-electron chi connectivity index (χ1n) is 9.54. The third-order valence-corrected chi connectivity index (χ3v) is 7.21. The van der Waals surface area contributed by atoms with Gasteiger partial charge < -0.3 is 9.64 Å². The highest BCUT2D eigenvalue weighted by molar-refractivity contribution is 7.89. The van der Waals surface area contributed by atoms with Gasteiger partial charge in [-0.3, -0.25) is 0 Å². The molecular weight excluding hydrogens is 392 g/mol. The summed E-state index contributed by atoms with van der Waals surface area (Å²) in [4.78, 5) is 11.2. The smallest absolute Gasteiger partial charge is 0.254 e. The number of aryl methyl sites for hydroxylation is 1. The van der Waals surface area contributed by atoms with Gasteiger partial charge in [0, 0.05) is 37.4 Å². The van der Waals surface area contributed by atoms with Gasteiger partial charge >= 0.3 is 0 Å². The van der Waals surface area contributed by atoms with Gasteiger partial charge in [0.05, 0.1) is 12.0 Å². The molecule has 1 aromatic carbocycles. The number of hydrogen-bond acceptors (Lipinski definition) is 7. The second-order valence-electron chi connectivity index (χ2n) is 6.89. The van der Waals surface area contributed by atoms with E-state index in [0.717, 1.165) is 23.5 Å². The number of ether oxygens (including phenoxy) is 1. The summed E-state index contributed by atoms with van der Waals surface area (Å²) in [6, 6.07) is 6.50. The Labute approximate surface area is 170 Å². The summed E-state index contributed by atoms with van der Waals surface area (Å²) in [5.74, 6) is 2.14. The van der Waals surface area contributed by atoms with Crippen LogP contribution in [0, 0.1) is 6.92 Å². The lowest BCUT2D eigenvalue weighted by Crippen LogP contribution is -2.49. The fourth-order valence-electron chi connectivity index (χ4n) is 3.74. The molecule has 0 amide bonds. The lowest BCUT2D eigenvalue weighted by molar-refractivity contribution is 0.382. The second kappa shape index (κ2) is 7.60. The number of sulfonamides is 1.